The van der Waals surface area contributed by atoms with E-state index in [1.165, 1.54) is 14.2 Å². The monoisotopic (exact) mass is 1210 g/mol. The molecule has 6 amide bonds. The quantitative estimate of drug-likeness (QED) is 0.0314. The molecule has 0 aliphatic rings. The average molecular weight is 1220 g/mol. The molecule has 6 aromatic carbocycles. The molecule has 0 aromatic heterocycles. The van der Waals surface area contributed by atoms with Crippen LogP contribution in [-0.2, 0) is 73.9 Å². The second-order valence-corrected chi connectivity index (χ2v) is 20.9. The van der Waals surface area contributed by atoms with Crippen LogP contribution in [0.4, 0.5) is 28.8 Å². The van der Waals surface area contributed by atoms with E-state index in [1.54, 1.807) is 199 Å². The predicted molar refractivity (Wildman–Crippen MR) is 318 cm³/mol. The Morgan fingerprint density at radius 3 is 0.898 bits per heavy atom. The minimum absolute atomic E-state index is 0.124. The van der Waals surface area contributed by atoms with Gasteiger partial charge in [-0.2, -0.15) is 10.0 Å². The van der Waals surface area contributed by atoms with Crippen LogP contribution < -0.4 is 31.0 Å². The first kappa shape index (κ1) is 68.3. The lowest BCUT2D eigenvalue weighted by Gasteiger charge is -2.35. The van der Waals surface area contributed by atoms with Crippen molar-refractivity contribution < 1.29 is 85.7 Å². The van der Waals surface area contributed by atoms with E-state index < -0.39 is 83.9 Å². The number of benzene rings is 6. The third kappa shape index (κ3) is 22.8. The zero-order chi connectivity index (χ0) is 64.2. The van der Waals surface area contributed by atoms with Crippen LogP contribution in [0.15, 0.2) is 170 Å². The van der Waals surface area contributed by atoms with Gasteiger partial charge in [-0.3, -0.25) is 0 Å². The maximum Gasteiger partial charge on any atom is 0.430 e. The summed E-state index contributed by atoms with van der Waals surface area (Å²) in [5, 5.41) is 6.54. The Labute approximate surface area is 510 Å². The number of amides is 6. The van der Waals surface area contributed by atoms with Crippen LogP contribution in [0.5, 0.6) is 11.5 Å². The van der Waals surface area contributed by atoms with Crippen molar-refractivity contribution in [2.75, 3.05) is 28.4 Å². The lowest BCUT2D eigenvalue weighted by Crippen LogP contribution is -2.60. The fourth-order valence-corrected chi connectivity index (χ4v) is 7.95. The molecule has 0 aliphatic heterocycles. The molecule has 4 atom stereocenters. The van der Waals surface area contributed by atoms with Gasteiger partial charge in [-0.05, 0) is 99.2 Å². The Kier molecular flexibility index (Phi) is 26.2. The Morgan fingerprint density at radius 1 is 0.375 bits per heavy atom. The molecule has 6 aromatic rings. The number of rotatable bonds is 20. The third-order valence-electron chi connectivity index (χ3n) is 12.0. The van der Waals surface area contributed by atoms with Crippen LogP contribution in [0.1, 0.15) is 87.0 Å². The second-order valence-electron chi connectivity index (χ2n) is 20.9. The highest BCUT2D eigenvalue weighted by atomic mass is 16.6. The summed E-state index contributed by atoms with van der Waals surface area (Å²) in [7, 11) is 5.18. The molecular weight excluding hydrogens is 1140 g/mol. The maximum atomic E-state index is 13.6. The van der Waals surface area contributed by atoms with Gasteiger partial charge in [0.05, 0.1) is 40.5 Å². The van der Waals surface area contributed by atoms with Gasteiger partial charge in [-0.1, -0.05) is 146 Å². The van der Waals surface area contributed by atoms with Crippen molar-refractivity contribution >= 4 is 48.5 Å². The third-order valence-corrected chi connectivity index (χ3v) is 12.0. The minimum atomic E-state index is -1.69. The number of hydrogen-bond acceptors (Lipinski definition) is 18. The van der Waals surface area contributed by atoms with Crippen molar-refractivity contribution in [3.05, 3.63) is 203 Å². The minimum Gasteiger partial charge on any atom is -0.497 e. The fraction of sp³-hybridized carbons (Fsp3) is 0.312. The lowest BCUT2D eigenvalue weighted by atomic mass is 9.98. The van der Waals surface area contributed by atoms with Crippen LogP contribution in [0.3, 0.4) is 0 Å². The molecule has 88 heavy (non-hydrogen) atoms. The van der Waals surface area contributed by atoms with Gasteiger partial charge in [0.1, 0.15) is 49.1 Å². The first-order valence-corrected chi connectivity index (χ1v) is 27.4. The molecule has 0 saturated carbocycles. The number of carbonyl (C=O) groups excluding carboxylic acids is 8. The van der Waals surface area contributed by atoms with Gasteiger partial charge >= 0.3 is 48.5 Å². The number of methoxy groups -OCH3 is 4. The fourth-order valence-electron chi connectivity index (χ4n) is 7.95. The van der Waals surface area contributed by atoms with Crippen LogP contribution in [0.25, 0.3) is 0 Å². The Morgan fingerprint density at radius 2 is 0.648 bits per heavy atom. The Balaban J connectivity index is 0.000000321. The van der Waals surface area contributed by atoms with Gasteiger partial charge < -0.3 is 58.0 Å². The van der Waals surface area contributed by atoms with Crippen molar-refractivity contribution in [1.29, 1.82) is 0 Å². The Hall–Kier alpha value is -10.5. The van der Waals surface area contributed by atoms with Gasteiger partial charge in [0.25, 0.3) is 0 Å². The van der Waals surface area contributed by atoms with Crippen molar-refractivity contribution in [3.63, 3.8) is 0 Å². The highest BCUT2D eigenvalue weighted by Crippen LogP contribution is 2.28. The average Bonchev–Trinajstić information content (AvgIpc) is 1.08. The SMILES string of the molecule is COC(=O)[C@@H]([C@H](NC(=O)OC(C)(C)C)c1ccc(OC)cc1)N(NC(=O)OCc1ccccc1)C(=O)OCc1ccccc1.COC(=O)[C@H]([C@@H](NC(=O)OC(C)(C)C)c1ccc(OC)cc1)N(NC(=O)OCc1ccccc1)C(=O)OCc1ccccc1. The molecule has 6 rings (SSSR count). The van der Waals surface area contributed by atoms with Crippen molar-refractivity contribution in [2.45, 2.75) is 103 Å². The molecule has 0 spiro atoms. The summed E-state index contributed by atoms with van der Waals surface area (Å²) in [6.07, 6.45) is -6.15. The van der Waals surface area contributed by atoms with Crippen molar-refractivity contribution in [3.8, 4) is 11.5 Å². The van der Waals surface area contributed by atoms with Gasteiger partial charge in [0.15, 0.2) is 12.1 Å². The first-order valence-electron chi connectivity index (χ1n) is 27.4. The number of nitrogens with one attached hydrogen (secondary N) is 4. The van der Waals surface area contributed by atoms with E-state index in [1.807, 2.05) is 12.1 Å². The van der Waals surface area contributed by atoms with Crippen LogP contribution in [0.2, 0.25) is 0 Å². The molecule has 0 radical (unpaired) electrons. The van der Waals surface area contributed by atoms with E-state index >= 15 is 0 Å². The molecule has 4 N–H and O–H groups in total. The molecule has 0 fully saturated rings. The summed E-state index contributed by atoms with van der Waals surface area (Å²) in [6, 6.07) is 42.1. The zero-order valence-electron chi connectivity index (χ0n) is 50.5. The molecule has 0 heterocycles. The van der Waals surface area contributed by atoms with Crippen molar-refractivity contribution in [1.82, 2.24) is 31.5 Å². The van der Waals surface area contributed by atoms with Crippen molar-refractivity contribution in [2.24, 2.45) is 0 Å². The number of hydrazine groups is 2. The van der Waals surface area contributed by atoms with Gasteiger partial charge in [0.2, 0.25) is 0 Å². The van der Waals surface area contributed by atoms with Gasteiger partial charge in [-0.25, -0.2) is 49.2 Å². The van der Waals surface area contributed by atoms with Crippen LogP contribution in [0, 0.1) is 0 Å². The summed E-state index contributed by atoms with van der Waals surface area (Å²) >= 11 is 0. The van der Waals surface area contributed by atoms with E-state index in [9.17, 15) is 38.4 Å². The van der Waals surface area contributed by atoms with Crippen LogP contribution >= 0.6 is 0 Å². The molecule has 468 valence electrons. The number of esters is 2. The predicted octanol–water partition coefficient (Wildman–Crippen LogP) is 10.6. The summed E-state index contributed by atoms with van der Waals surface area (Å²) in [4.78, 5) is 106. The first-order chi connectivity index (χ1) is 42.0. The number of alkyl carbamates (subject to hydrolysis) is 2. The summed E-state index contributed by atoms with van der Waals surface area (Å²) < 4.78 is 53.1. The molecule has 0 unspecified atom stereocenters. The molecule has 0 saturated heterocycles. The van der Waals surface area contributed by atoms with E-state index in [0.29, 0.717) is 54.9 Å². The summed E-state index contributed by atoms with van der Waals surface area (Å²) in [5.74, 6) is -0.967. The van der Waals surface area contributed by atoms with E-state index in [4.69, 9.17) is 47.4 Å². The molecule has 24 heteroatoms. The number of hydrogen-bond donors (Lipinski definition) is 4. The number of carbonyl (C=O) groups is 8. The summed E-state index contributed by atoms with van der Waals surface area (Å²) in [6.45, 7) is 9.41. The molecule has 0 aliphatic carbocycles. The zero-order valence-corrected chi connectivity index (χ0v) is 50.5. The highest BCUT2D eigenvalue weighted by Gasteiger charge is 2.44. The van der Waals surface area contributed by atoms with E-state index in [0.717, 1.165) is 14.2 Å². The Bertz CT molecular complexity index is 2970. The molecule has 0 bridgehead atoms. The normalized spacial score (nSPS) is 12.1. The van der Waals surface area contributed by atoms with E-state index in [2.05, 4.69) is 21.5 Å². The largest absolute Gasteiger partial charge is 0.497 e. The van der Waals surface area contributed by atoms with Gasteiger partial charge in [0, 0.05) is 0 Å². The lowest BCUT2D eigenvalue weighted by molar-refractivity contribution is -0.149. The van der Waals surface area contributed by atoms with Crippen LogP contribution in [-0.4, -0.2) is 110 Å². The summed E-state index contributed by atoms with van der Waals surface area (Å²) in [5.41, 5.74) is 6.25. The topological polar surface area (TPSA) is 283 Å². The highest BCUT2D eigenvalue weighted by molar-refractivity contribution is 5.86. The second kappa shape index (κ2) is 33.8. The smallest absolute Gasteiger partial charge is 0.430 e. The van der Waals surface area contributed by atoms with Gasteiger partial charge in [-0.15, -0.1) is 0 Å². The number of nitrogens with zero attached hydrogens (tertiary/aromatic N) is 2. The van der Waals surface area contributed by atoms with E-state index in [-0.39, 0.29) is 26.4 Å². The molecule has 24 nitrogen and oxygen atoms in total. The maximum absolute atomic E-state index is 13.6. The standard InChI is InChI=1S/2C32H37N3O9/c2*1-32(2,3)44-29(37)33-26(24-16-18-25(40-4)19-17-24)27(28(36)41-5)35(31(39)43-21-23-14-10-7-11-15-23)34-30(38)42-20-22-12-8-6-9-13-22/h2*6-19,26-27H,20-21H2,1-5H3,(H,33,37)(H,34,38)/t2*26-,27-/m10/s1. The molecular formula is C64H74N6O18. The number of ether oxygens (including phenoxy) is 10.